The highest BCUT2D eigenvalue weighted by atomic mass is 16.6. The molecule has 0 aromatic heterocycles. The van der Waals surface area contributed by atoms with Crippen LogP contribution in [0.25, 0.3) is 0 Å². The molecule has 4 unspecified atom stereocenters. The lowest BCUT2D eigenvalue weighted by atomic mass is 9.93. The van der Waals surface area contributed by atoms with E-state index >= 15 is 0 Å². The average molecular weight is 188 g/mol. The van der Waals surface area contributed by atoms with Crippen LogP contribution in [0.15, 0.2) is 0 Å². The Labute approximate surface area is 79.7 Å². The molecule has 4 atom stereocenters. The quantitative estimate of drug-likeness (QED) is 0.650. The van der Waals surface area contributed by atoms with Gasteiger partial charge in [0.1, 0.15) is 0 Å². The van der Waals surface area contributed by atoms with Crippen molar-refractivity contribution in [2.24, 2.45) is 11.8 Å². The van der Waals surface area contributed by atoms with Crippen molar-refractivity contribution in [2.45, 2.75) is 45.5 Å². The summed E-state index contributed by atoms with van der Waals surface area (Å²) in [5, 5.41) is 19.1. The van der Waals surface area contributed by atoms with Gasteiger partial charge in [0, 0.05) is 12.5 Å². The molecule has 0 bridgehead atoms. The lowest BCUT2D eigenvalue weighted by Crippen LogP contribution is -2.26. The molecule has 1 fully saturated rings. The van der Waals surface area contributed by atoms with Gasteiger partial charge in [0.05, 0.1) is 6.10 Å². The summed E-state index contributed by atoms with van der Waals surface area (Å²) in [6.07, 6.45) is 1.56. The van der Waals surface area contributed by atoms with Crippen molar-refractivity contribution in [1.82, 2.24) is 0 Å². The lowest BCUT2D eigenvalue weighted by molar-refractivity contribution is -0.139. The van der Waals surface area contributed by atoms with Crippen LogP contribution in [0, 0.1) is 11.8 Å². The molecular formula is C10H20O3. The predicted molar refractivity (Wildman–Crippen MR) is 50.1 cm³/mol. The molecule has 0 radical (unpaired) electrons. The van der Waals surface area contributed by atoms with Crippen LogP contribution in [0.5, 0.6) is 0 Å². The molecule has 0 aromatic carbocycles. The van der Waals surface area contributed by atoms with Gasteiger partial charge < -0.3 is 14.9 Å². The standard InChI is InChI=1S/C10H20O3/c1-3-7-5-8(11)6-9(7)10(12)13-4-2/h7-12H,3-6H2,1-2H3. The zero-order valence-corrected chi connectivity index (χ0v) is 8.44. The van der Waals surface area contributed by atoms with E-state index in [0.717, 1.165) is 12.8 Å². The van der Waals surface area contributed by atoms with E-state index in [2.05, 4.69) is 6.92 Å². The molecule has 2 N–H and O–H groups in total. The molecule has 1 saturated carbocycles. The van der Waals surface area contributed by atoms with Crippen molar-refractivity contribution in [1.29, 1.82) is 0 Å². The summed E-state index contributed by atoms with van der Waals surface area (Å²) in [6.45, 7) is 4.49. The van der Waals surface area contributed by atoms with Crippen LogP contribution >= 0.6 is 0 Å². The average Bonchev–Trinajstić information content (AvgIpc) is 2.47. The van der Waals surface area contributed by atoms with E-state index in [9.17, 15) is 10.2 Å². The van der Waals surface area contributed by atoms with E-state index < -0.39 is 6.29 Å². The van der Waals surface area contributed by atoms with Crippen molar-refractivity contribution < 1.29 is 14.9 Å². The molecule has 0 aliphatic heterocycles. The van der Waals surface area contributed by atoms with E-state index in [-0.39, 0.29) is 12.0 Å². The van der Waals surface area contributed by atoms with E-state index in [1.807, 2.05) is 6.92 Å². The van der Waals surface area contributed by atoms with Crippen LogP contribution in [0.4, 0.5) is 0 Å². The van der Waals surface area contributed by atoms with Gasteiger partial charge in [-0.05, 0) is 25.7 Å². The van der Waals surface area contributed by atoms with Crippen molar-refractivity contribution >= 4 is 0 Å². The van der Waals surface area contributed by atoms with Crippen LogP contribution in [0.1, 0.15) is 33.1 Å². The fraction of sp³-hybridized carbons (Fsp3) is 1.00. The Kier molecular flexibility index (Phi) is 4.16. The number of rotatable bonds is 4. The van der Waals surface area contributed by atoms with Gasteiger partial charge >= 0.3 is 0 Å². The Morgan fingerprint density at radius 2 is 2.08 bits per heavy atom. The summed E-state index contributed by atoms with van der Waals surface area (Å²) in [4.78, 5) is 0. The van der Waals surface area contributed by atoms with Gasteiger partial charge in [-0.3, -0.25) is 0 Å². The maximum atomic E-state index is 9.63. The second-order valence-corrected chi connectivity index (χ2v) is 3.80. The molecule has 1 aliphatic rings. The number of ether oxygens (including phenoxy) is 1. The van der Waals surface area contributed by atoms with E-state index in [0.29, 0.717) is 18.9 Å². The first-order valence-corrected chi connectivity index (χ1v) is 5.16. The Bertz CT molecular complexity index is 149. The fourth-order valence-electron chi connectivity index (χ4n) is 2.24. The summed E-state index contributed by atoms with van der Waals surface area (Å²) in [5.41, 5.74) is 0. The van der Waals surface area contributed by atoms with Gasteiger partial charge in [-0.2, -0.15) is 0 Å². The van der Waals surface area contributed by atoms with Gasteiger partial charge in [-0.25, -0.2) is 0 Å². The Morgan fingerprint density at radius 1 is 1.38 bits per heavy atom. The molecule has 0 aromatic rings. The van der Waals surface area contributed by atoms with E-state index in [4.69, 9.17) is 4.74 Å². The molecule has 0 amide bonds. The van der Waals surface area contributed by atoms with Crippen molar-refractivity contribution in [2.75, 3.05) is 6.61 Å². The molecule has 1 rings (SSSR count). The van der Waals surface area contributed by atoms with Crippen LogP contribution in [-0.4, -0.2) is 29.2 Å². The molecule has 13 heavy (non-hydrogen) atoms. The van der Waals surface area contributed by atoms with Crippen LogP contribution in [-0.2, 0) is 4.74 Å². The molecular weight excluding hydrogens is 168 g/mol. The van der Waals surface area contributed by atoms with Gasteiger partial charge in [0.2, 0.25) is 0 Å². The molecule has 0 spiro atoms. The van der Waals surface area contributed by atoms with Crippen LogP contribution < -0.4 is 0 Å². The third-order valence-corrected chi connectivity index (χ3v) is 2.95. The van der Waals surface area contributed by atoms with Gasteiger partial charge in [0.15, 0.2) is 6.29 Å². The minimum Gasteiger partial charge on any atom is -0.393 e. The lowest BCUT2D eigenvalue weighted by Gasteiger charge is -2.23. The zero-order valence-electron chi connectivity index (χ0n) is 8.44. The Hall–Kier alpha value is -0.120. The summed E-state index contributed by atoms with van der Waals surface area (Å²) >= 11 is 0. The fourth-order valence-corrected chi connectivity index (χ4v) is 2.24. The SMILES string of the molecule is CCOC(O)C1CC(O)CC1CC. The van der Waals surface area contributed by atoms with Crippen molar-refractivity contribution in [3.8, 4) is 0 Å². The maximum Gasteiger partial charge on any atom is 0.157 e. The third-order valence-electron chi connectivity index (χ3n) is 2.95. The summed E-state index contributed by atoms with van der Waals surface area (Å²) < 4.78 is 5.15. The van der Waals surface area contributed by atoms with E-state index in [1.165, 1.54) is 0 Å². The first-order chi connectivity index (χ1) is 6.19. The minimum absolute atomic E-state index is 0.125. The zero-order chi connectivity index (χ0) is 9.84. The maximum absolute atomic E-state index is 9.63. The Morgan fingerprint density at radius 3 is 2.62 bits per heavy atom. The Balaban J connectivity index is 2.46. The summed E-state index contributed by atoms with van der Waals surface area (Å²) in [5.74, 6) is 0.538. The highest BCUT2D eigenvalue weighted by Gasteiger charge is 2.36. The predicted octanol–water partition coefficient (Wildman–Crippen LogP) is 1.14. The first-order valence-electron chi connectivity index (χ1n) is 5.16. The first kappa shape index (κ1) is 11.0. The summed E-state index contributed by atoms with van der Waals surface area (Å²) in [7, 11) is 0. The van der Waals surface area contributed by atoms with Crippen LogP contribution in [0.3, 0.4) is 0 Å². The second-order valence-electron chi connectivity index (χ2n) is 3.80. The molecule has 1 aliphatic carbocycles. The van der Waals surface area contributed by atoms with Gasteiger partial charge in [-0.15, -0.1) is 0 Å². The normalized spacial score (nSPS) is 36.5. The third kappa shape index (κ3) is 2.66. The van der Waals surface area contributed by atoms with Crippen LogP contribution in [0.2, 0.25) is 0 Å². The monoisotopic (exact) mass is 188 g/mol. The second kappa shape index (κ2) is 4.94. The molecule has 78 valence electrons. The number of aliphatic hydroxyl groups excluding tert-OH is 2. The smallest absolute Gasteiger partial charge is 0.157 e. The molecule has 0 heterocycles. The highest BCUT2D eigenvalue weighted by Crippen LogP contribution is 2.36. The molecule has 3 heteroatoms. The minimum atomic E-state index is -0.688. The molecule has 3 nitrogen and oxygen atoms in total. The summed E-state index contributed by atoms with van der Waals surface area (Å²) in [6, 6.07) is 0. The number of aliphatic hydroxyl groups is 2. The number of hydrogen-bond acceptors (Lipinski definition) is 3. The van der Waals surface area contributed by atoms with Gasteiger partial charge in [0.25, 0.3) is 0 Å². The topological polar surface area (TPSA) is 49.7 Å². The highest BCUT2D eigenvalue weighted by molar-refractivity contribution is 4.83. The van der Waals surface area contributed by atoms with Crippen molar-refractivity contribution in [3.05, 3.63) is 0 Å². The van der Waals surface area contributed by atoms with E-state index in [1.54, 1.807) is 0 Å². The van der Waals surface area contributed by atoms with Crippen molar-refractivity contribution in [3.63, 3.8) is 0 Å². The van der Waals surface area contributed by atoms with Gasteiger partial charge in [-0.1, -0.05) is 13.3 Å². The molecule has 0 saturated heterocycles. The number of hydrogen-bond donors (Lipinski definition) is 2. The largest absolute Gasteiger partial charge is 0.393 e.